The maximum absolute atomic E-state index is 12.0. The van der Waals surface area contributed by atoms with Crippen molar-refractivity contribution >= 4 is 5.97 Å². The Balaban J connectivity index is 3.13. The van der Waals surface area contributed by atoms with Crippen molar-refractivity contribution in [1.82, 2.24) is 0 Å². The van der Waals surface area contributed by atoms with Gasteiger partial charge in [0, 0.05) is 6.42 Å². The van der Waals surface area contributed by atoms with Crippen LogP contribution < -0.4 is 0 Å². The second kappa shape index (κ2) is 47.4. The van der Waals surface area contributed by atoms with Gasteiger partial charge in [-0.05, 0) is 38.0 Å². The molecule has 0 amide bonds. The summed E-state index contributed by atoms with van der Waals surface area (Å²) in [5.41, 5.74) is 0. The first-order chi connectivity index (χ1) is 26.2. The SMILES string of the molecule is CCCC/C=C\CCCCCCCC(=O)OCCCCCCCCCCCCCCCCCCCCCCCCCCCCCCCCCC(C)CC. The number of allylic oxidation sites excluding steroid dienone is 2. The molecule has 2 nitrogen and oxygen atoms in total. The van der Waals surface area contributed by atoms with Gasteiger partial charge in [-0.25, -0.2) is 0 Å². The average Bonchev–Trinajstić information content (AvgIpc) is 3.16. The Kier molecular flexibility index (Phi) is 46.7. The molecule has 0 fully saturated rings. The van der Waals surface area contributed by atoms with Gasteiger partial charge in [-0.1, -0.05) is 270 Å². The van der Waals surface area contributed by atoms with Crippen LogP contribution in [-0.4, -0.2) is 12.6 Å². The minimum absolute atomic E-state index is 0.0183. The Bertz CT molecular complexity index is 698. The van der Waals surface area contributed by atoms with Gasteiger partial charge in [0.1, 0.15) is 0 Å². The molecule has 1 unspecified atom stereocenters. The maximum Gasteiger partial charge on any atom is 0.305 e. The van der Waals surface area contributed by atoms with E-state index >= 15 is 0 Å². The van der Waals surface area contributed by atoms with E-state index in [9.17, 15) is 4.79 Å². The number of carbonyl (C=O) groups is 1. The summed E-state index contributed by atoms with van der Waals surface area (Å²) >= 11 is 0. The zero-order valence-electron chi connectivity index (χ0n) is 37.2. The number of rotatable bonds is 46. The Morgan fingerprint density at radius 3 is 1.06 bits per heavy atom. The van der Waals surface area contributed by atoms with Crippen LogP contribution in [0.4, 0.5) is 0 Å². The van der Waals surface area contributed by atoms with E-state index in [0.29, 0.717) is 13.0 Å². The predicted octanol–water partition coefficient (Wildman–Crippen LogP) is 18.5. The molecule has 0 bridgehead atoms. The predicted molar refractivity (Wildman–Crippen MR) is 239 cm³/mol. The van der Waals surface area contributed by atoms with Crippen LogP contribution >= 0.6 is 0 Å². The standard InChI is InChI=1S/C51H100O2/c1-4-6-7-8-9-10-32-36-39-42-45-48-51(52)53-49-46-43-40-37-34-31-29-27-25-23-21-19-17-15-13-11-12-14-16-18-20-22-24-26-28-30-33-35-38-41-44-47-50(3)5-2/h8-9,50H,4-7,10-49H2,1-3H3/b9-8-. The molecular formula is C51H100O2. The number of hydrogen-bond donors (Lipinski definition) is 0. The van der Waals surface area contributed by atoms with Gasteiger partial charge in [-0.3, -0.25) is 4.79 Å². The molecule has 0 heterocycles. The van der Waals surface area contributed by atoms with E-state index < -0.39 is 0 Å². The largest absolute Gasteiger partial charge is 0.466 e. The first kappa shape index (κ1) is 52.2. The highest BCUT2D eigenvalue weighted by atomic mass is 16.5. The molecule has 0 spiro atoms. The topological polar surface area (TPSA) is 26.3 Å². The Labute approximate surface area is 336 Å². The molecule has 0 saturated carbocycles. The zero-order chi connectivity index (χ0) is 38.4. The van der Waals surface area contributed by atoms with Gasteiger partial charge >= 0.3 is 5.97 Å². The summed E-state index contributed by atoms with van der Waals surface area (Å²) in [5.74, 6) is 0.958. The lowest BCUT2D eigenvalue weighted by atomic mass is 9.99. The summed E-state index contributed by atoms with van der Waals surface area (Å²) in [4.78, 5) is 12.0. The summed E-state index contributed by atoms with van der Waals surface area (Å²) < 4.78 is 5.46. The summed E-state index contributed by atoms with van der Waals surface area (Å²) in [6, 6.07) is 0. The number of esters is 1. The van der Waals surface area contributed by atoms with E-state index in [4.69, 9.17) is 4.74 Å². The average molecular weight is 745 g/mol. The lowest BCUT2D eigenvalue weighted by Gasteiger charge is -2.07. The van der Waals surface area contributed by atoms with E-state index in [1.165, 1.54) is 250 Å². The van der Waals surface area contributed by atoms with Crippen molar-refractivity contribution in [2.24, 2.45) is 5.92 Å². The van der Waals surface area contributed by atoms with Gasteiger partial charge in [-0.2, -0.15) is 0 Å². The number of ether oxygens (including phenoxy) is 1. The Morgan fingerprint density at radius 2 is 0.698 bits per heavy atom. The van der Waals surface area contributed by atoms with Crippen LogP contribution in [0.3, 0.4) is 0 Å². The lowest BCUT2D eigenvalue weighted by Crippen LogP contribution is -2.05. The van der Waals surface area contributed by atoms with Gasteiger partial charge in [-0.15, -0.1) is 0 Å². The van der Waals surface area contributed by atoms with Gasteiger partial charge < -0.3 is 4.74 Å². The van der Waals surface area contributed by atoms with Crippen molar-refractivity contribution < 1.29 is 9.53 Å². The third-order valence-electron chi connectivity index (χ3n) is 11.9. The van der Waals surface area contributed by atoms with E-state index in [1.807, 2.05) is 0 Å². The summed E-state index contributed by atoms with van der Waals surface area (Å²) in [7, 11) is 0. The highest BCUT2D eigenvalue weighted by Gasteiger charge is 2.03. The normalized spacial score (nSPS) is 12.3. The molecule has 0 rings (SSSR count). The fourth-order valence-electron chi connectivity index (χ4n) is 7.80. The van der Waals surface area contributed by atoms with Gasteiger partial charge in [0.05, 0.1) is 6.61 Å². The second-order valence-corrected chi connectivity index (χ2v) is 17.4. The first-order valence-corrected chi connectivity index (χ1v) is 25.0. The maximum atomic E-state index is 12.0. The molecule has 53 heavy (non-hydrogen) atoms. The van der Waals surface area contributed by atoms with Crippen molar-refractivity contribution in [3.8, 4) is 0 Å². The highest BCUT2D eigenvalue weighted by Crippen LogP contribution is 2.18. The molecule has 0 aliphatic rings. The second-order valence-electron chi connectivity index (χ2n) is 17.4. The van der Waals surface area contributed by atoms with Gasteiger partial charge in [0.15, 0.2) is 0 Å². The zero-order valence-corrected chi connectivity index (χ0v) is 37.2. The molecule has 0 aromatic heterocycles. The van der Waals surface area contributed by atoms with Crippen molar-refractivity contribution in [2.75, 3.05) is 6.61 Å². The molecule has 0 aromatic rings. The minimum Gasteiger partial charge on any atom is -0.466 e. The van der Waals surface area contributed by atoms with Crippen LogP contribution in [0.15, 0.2) is 12.2 Å². The summed E-state index contributed by atoms with van der Waals surface area (Å²) in [5, 5.41) is 0. The van der Waals surface area contributed by atoms with Crippen molar-refractivity contribution in [1.29, 1.82) is 0 Å². The van der Waals surface area contributed by atoms with Gasteiger partial charge in [0.25, 0.3) is 0 Å². The third kappa shape index (κ3) is 47.3. The van der Waals surface area contributed by atoms with Crippen molar-refractivity contribution in [3.63, 3.8) is 0 Å². The van der Waals surface area contributed by atoms with Crippen LogP contribution in [0.25, 0.3) is 0 Å². The summed E-state index contributed by atoms with van der Waals surface area (Å²) in [6.07, 6.45) is 63.5. The number of carbonyl (C=O) groups excluding carboxylic acids is 1. The Morgan fingerprint density at radius 1 is 0.396 bits per heavy atom. The summed E-state index contributed by atoms with van der Waals surface area (Å²) in [6.45, 7) is 7.60. The van der Waals surface area contributed by atoms with E-state index in [-0.39, 0.29) is 5.97 Å². The van der Waals surface area contributed by atoms with Gasteiger partial charge in [0.2, 0.25) is 0 Å². The fraction of sp³-hybridized carbons (Fsp3) is 0.941. The molecule has 0 N–H and O–H groups in total. The molecule has 0 aliphatic heterocycles. The van der Waals surface area contributed by atoms with Crippen molar-refractivity contribution in [3.05, 3.63) is 12.2 Å². The van der Waals surface area contributed by atoms with E-state index in [1.54, 1.807) is 0 Å². The van der Waals surface area contributed by atoms with Crippen LogP contribution in [0.2, 0.25) is 0 Å². The smallest absolute Gasteiger partial charge is 0.305 e. The van der Waals surface area contributed by atoms with Crippen molar-refractivity contribution in [2.45, 2.75) is 297 Å². The fourth-order valence-corrected chi connectivity index (χ4v) is 7.80. The van der Waals surface area contributed by atoms with E-state index in [2.05, 4.69) is 32.9 Å². The molecular weight excluding hydrogens is 645 g/mol. The molecule has 0 radical (unpaired) electrons. The molecule has 316 valence electrons. The van der Waals surface area contributed by atoms with Crippen LogP contribution in [0.1, 0.15) is 297 Å². The third-order valence-corrected chi connectivity index (χ3v) is 11.9. The quantitative estimate of drug-likeness (QED) is 0.0352. The first-order valence-electron chi connectivity index (χ1n) is 25.0. The van der Waals surface area contributed by atoms with Crippen LogP contribution in [-0.2, 0) is 9.53 Å². The Hall–Kier alpha value is -0.790. The minimum atomic E-state index is 0.0183. The monoisotopic (exact) mass is 745 g/mol. The number of hydrogen-bond acceptors (Lipinski definition) is 2. The molecule has 2 heteroatoms. The highest BCUT2D eigenvalue weighted by molar-refractivity contribution is 5.69. The van der Waals surface area contributed by atoms with Crippen LogP contribution in [0.5, 0.6) is 0 Å². The molecule has 0 aromatic carbocycles. The molecule has 0 aliphatic carbocycles. The van der Waals surface area contributed by atoms with E-state index in [0.717, 1.165) is 25.2 Å². The van der Waals surface area contributed by atoms with Crippen LogP contribution in [0, 0.1) is 5.92 Å². The number of unbranched alkanes of at least 4 members (excludes halogenated alkanes) is 37. The lowest BCUT2D eigenvalue weighted by molar-refractivity contribution is -0.143. The molecule has 1 atom stereocenters. The molecule has 0 saturated heterocycles.